The average molecular weight is 259 g/mol. The fraction of sp³-hybridized carbons (Fsp3) is 0.0769. The van der Waals surface area contributed by atoms with E-state index in [4.69, 9.17) is 15.9 Å². The van der Waals surface area contributed by atoms with Crippen molar-refractivity contribution in [2.75, 3.05) is 5.32 Å². The summed E-state index contributed by atoms with van der Waals surface area (Å²) in [7, 11) is 0. The minimum atomic E-state index is -0.852. The van der Waals surface area contributed by atoms with Crippen molar-refractivity contribution in [3.63, 3.8) is 0 Å². The van der Waals surface area contributed by atoms with Crippen LogP contribution >= 0.6 is 0 Å². The third kappa shape index (κ3) is 2.99. The molecule has 0 radical (unpaired) electrons. The molecule has 2 rings (SSSR count). The Morgan fingerprint density at radius 3 is 2.37 bits per heavy atom. The highest BCUT2D eigenvalue weighted by atomic mass is 16.3. The number of hydrogen-bond donors (Lipinski definition) is 3. The fourth-order valence-corrected chi connectivity index (χ4v) is 1.54. The zero-order chi connectivity index (χ0) is 13.8. The molecule has 98 valence electrons. The van der Waals surface area contributed by atoms with Crippen LogP contribution in [-0.2, 0) is 4.79 Å². The van der Waals surface area contributed by atoms with E-state index < -0.39 is 11.9 Å². The van der Waals surface area contributed by atoms with Crippen LogP contribution in [0.4, 0.5) is 5.69 Å². The smallest absolute Gasteiger partial charge is 0.291 e. The third-order valence-corrected chi connectivity index (χ3v) is 2.58. The molecule has 0 aliphatic rings. The highest BCUT2D eigenvalue weighted by molar-refractivity contribution is 6.02. The van der Waals surface area contributed by atoms with Gasteiger partial charge in [0, 0.05) is 5.69 Å². The molecule has 0 fully saturated rings. The Morgan fingerprint density at radius 2 is 1.84 bits per heavy atom. The zero-order valence-electron chi connectivity index (χ0n) is 10.00. The van der Waals surface area contributed by atoms with Gasteiger partial charge >= 0.3 is 0 Å². The van der Waals surface area contributed by atoms with E-state index >= 15 is 0 Å². The maximum absolute atomic E-state index is 11.7. The lowest BCUT2D eigenvalue weighted by atomic mass is 10.1. The van der Waals surface area contributed by atoms with E-state index in [0.29, 0.717) is 11.3 Å². The van der Waals surface area contributed by atoms with Crippen LogP contribution in [0.25, 0.3) is 0 Å². The second-order valence-electron chi connectivity index (χ2n) is 3.93. The van der Waals surface area contributed by atoms with Crippen molar-refractivity contribution >= 4 is 17.5 Å². The summed E-state index contributed by atoms with van der Waals surface area (Å²) < 4.78 is 4.97. The monoisotopic (exact) mass is 259 g/mol. The van der Waals surface area contributed by atoms with Crippen LogP contribution in [0.2, 0.25) is 0 Å². The van der Waals surface area contributed by atoms with Crippen molar-refractivity contribution in [3.8, 4) is 0 Å². The Labute approximate surface area is 109 Å². The number of carbonyl (C=O) groups is 2. The van der Waals surface area contributed by atoms with Crippen LogP contribution in [0.1, 0.15) is 22.2 Å². The summed E-state index contributed by atoms with van der Waals surface area (Å²) in [6.45, 7) is 0. The Kier molecular flexibility index (Phi) is 3.63. The van der Waals surface area contributed by atoms with E-state index in [1.165, 1.54) is 6.26 Å². The molecule has 1 atom stereocenters. The number of hydrogen-bond acceptors (Lipinski definition) is 4. The van der Waals surface area contributed by atoms with Gasteiger partial charge < -0.3 is 21.2 Å². The van der Waals surface area contributed by atoms with Gasteiger partial charge in [0.15, 0.2) is 5.76 Å². The quantitative estimate of drug-likeness (QED) is 0.760. The first-order valence-electron chi connectivity index (χ1n) is 5.57. The number of furan rings is 1. The van der Waals surface area contributed by atoms with Crippen molar-refractivity contribution in [3.05, 3.63) is 54.0 Å². The number of carbonyl (C=O) groups excluding carboxylic acids is 2. The molecule has 6 nitrogen and oxygen atoms in total. The maximum atomic E-state index is 11.7. The molecule has 1 unspecified atom stereocenters. The predicted molar refractivity (Wildman–Crippen MR) is 69.2 cm³/mol. The van der Waals surface area contributed by atoms with E-state index in [1.807, 2.05) is 0 Å². The van der Waals surface area contributed by atoms with Crippen molar-refractivity contribution < 1.29 is 14.0 Å². The summed E-state index contributed by atoms with van der Waals surface area (Å²) in [4.78, 5) is 22.6. The number of rotatable bonds is 4. The second-order valence-corrected chi connectivity index (χ2v) is 3.93. The SMILES string of the molecule is NC(=O)C(N)c1ccc(NC(=O)c2ccco2)cc1. The predicted octanol–water partition coefficient (Wildman–Crippen LogP) is 1.02. The summed E-state index contributed by atoms with van der Waals surface area (Å²) in [6, 6.07) is 8.88. The first-order valence-corrected chi connectivity index (χ1v) is 5.57. The van der Waals surface area contributed by atoms with Crippen molar-refractivity contribution in [1.82, 2.24) is 0 Å². The summed E-state index contributed by atoms with van der Waals surface area (Å²) in [5.41, 5.74) is 11.9. The molecular weight excluding hydrogens is 246 g/mol. The Hall–Kier alpha value is -2.60. The summed E-state index contributed by atoms with van der Waals surface area (Å²) in [5, 5.41) is 2.65. The number of benzene rings is 1. The van der Waals surface area contributed by atoms with Crippen LogP contribution in [0.5, 0.6) is 0 Å². The molecule has 2 amide bonds. The molecule has 2 aromatic rings. The van der Waals surface area contributed by atoms with E-state index in [-0.39, 0.29) is 11.7 Å². The van der Waals surface area contributed by atoms with Gasteiger partial charge in [-0.2, -0.15) is 0 Å². The number of anilines is 1. The molecule has 1 heterocycles. The molecule has 0 aliphatic heterocycles. The standard InChI is InChI=1S/C13H13N3O3/c14-11(12(15)17)8-3-5-9(6-4-8)16-13(18)10-2-1-7-19-10/h1-7,11H,14H2,(H2,15,17)(H,16,18). The normalized spacial score (nSPS) is 11.8. The van der Waals surface area contributed by atoms with Crippen molar-refractivity contribution in [2.24, 2.45) is 11.5 Å². The molecule has 0 bridgehead atoms. The van der Waals surface area contributed by atoms with E-state index in [0.717, 1.165) is 0 Å². The van der Waals surface area contributed by atoms with E-state index in [9.17, 15) is 9.59 Å². The Bertz CT molecular complexity index is 576. The number of nitrogens with one attached hydrogen (secondary N) is 1. The fourth-order valence-electron chi connectivity index (χ4n) is 1.54. The zero-order valence-corrected chi connectivity index (χ0v) is 10.00. The molecule has 1 aromatic carbocycles. The minimum absolute atomic E-state index is 0.220. The second kappa shape index (κ2) is 5.36. The third-order valence-electron chi connectivity index (χ3n) is 2.58. The van der Waals surface area contributed by atoms with Gasteiger partial charge in [-0.05, 0) is 29.8 Å². The number of primary amides is 1. The lowest BCUT2D eigenvalue weighted by Gasteiger charge is -2.09. The van der Waals surface area contributed by atoms with Gasteiger partial charge in [0.05, 0.1) is 6.26 Å². The first-order chi connectivity index (χ1) is 9.08. The van der Waals surface area contributed by atoms with Crippen molar-refractivity contribution in [2.45, 2.75) is 6.04 Å². The van der Waals surface area contributed by atoms with E-state index in [2.05, 4.69) is 5.32 Å². The van der Waals surface area contributed by atoms with Crippen LogP contribution < -0.4 is 16.8 Å². The largest absolute Gasteiger partial charge is 0.459 e. The summed E-state index contributed by atoms with van der Waals surface area (Å²) >= 11 is 0. The van der Waals surface area contributed by atoms with E-state index in [1.54, 1.807) is 36.4 Å². The van der Waals surface area contributed by atoms with Gasteiger partial charge in [-0.15, -0.1) is 0 Å². The molecule has 0 saturated heterocycles. The van der Waals surface area contributed by atoms with Gasteiger partial charge in [-0.25, -0.2) is 0 Å². The molecule has 0 spiro atoms. The minimum Gasteiger partial charge on any atom is -0.459 e. The highest BCUT2D eigenvalue weighted by Gasteiger charge is 2.12. The molecule has 6 heteroatoms. The molecule has 19 heavy (non-hydrogen) atoms. The molecule has 0 saturated carbocycles. The Balaban J connectivity index is 2.07. The lowest BCUT2D eigenvalue weighted by Crippen LogP contribution is -2.28. The van der Waals surface area contributed by atoms with Crippen LogP contribution in [0.15, 0.2) is 47.1 Å². The van der Waals surface area contributed by atoms with Gasteiger partial charge in [0.25, 0.3) is 5.91 Å². The molecule has 1 aromatic heterocycles. The Morgan fingerprint density at radius 1 is 1.16 bits per heavy atom. The van der Waals surface area contributed by atoms with Crippen LogP contribution in [0, 0.1) is 0 Å². The lowest BCUT2D eigenvalue weighted by molar-refractivity contribution is -0.119. The summed E-state index contributed by atoms with van der Waals surface area (Å²) in [5.74, 6) is -0.734. The average Bonchev–Trinajstić information content (AvgIpc) is 2.92. The summed E-state index contributed by atoms with van der Waals surface area (Å²) in [6.07, 6.45) is 1.42. The van der Waals surface area contributed by atoms with Crippen LogP contribution in [-0.4, -0.2) is 11.8 Å². The van der Waals surface area contributed by atoms with Gasteiger partial charge in [0.2, 0.25) is 5.91 Å². The van der Waals surface area contributed by atoms with Crippen LogP contribution in [0.3, 0.4) is 0 Å². The maximum Gasteiger partial charge on any atom is 0.291 e. The number of nitrogens with two attached hydrogens (primary N) is 2. The van der Waals surface area contributed by atoms with Crippen molar-refractivity contribution in [1.29, 1.82) is 0 Å². The highest BCUT2D eigenvalue weighted by Crippen LogP contribution is 2.15. The van der Waals surface area contributed by atoms with Gasteiger partial charge in [-0.3, -0.25) is 9.59 Å². The molecule has 5 N–H and O–H groups in total. The molecule has 0 aliphatic carbocycles. The van der Waals surface area contributed by atoms with Gasteiger partial charge in [0.1, 0.15) is 6.04 Å². The first kappa shape index (κ1) is 12.8. The topological polar surface area (TPSA) is 111 Å². The van der Waals surface area contributed by atoms with Gasteiger partial charge in [-0.1, -0.05) is 12.1 Å². The molecular formula is C13H13N3O3. The number of amides is 2.